The summed E-state index contributed by atoms with van der Waals surface area (Å²) in [5.41, 5.74) is 7.72. The van der Waals surface area contributed by atoms with Crippen LogP contribution in [0, 0.1) is 0 Å². The minimum absolute atomic E-state index is 0.124. The van der Waals surface area contributed by atoms with Crippen molar-refractivity contribution >= 4 is 49.6 Å². The Labute approximate surface area is 254 Å². The molecule has 5 heteroatoms. The standard InChI is InChI=1S/C39H28N2O3/c1-43-27-21-17-25(18-22-27)29-11-7-15-35-37(29)31-9-3-5-13-33(31)40(35)39(42)41-34-14-6-4-10-32(34)38-30(12-8-16-36(38)41)26-19-23-28(44-2)24-20-26/h3-24H,1-2H3. The van der Waals surface area contributed by atoms with E-state index in [1.165, 1.54) is 0 Å². The fourth-order valence-electron chi connectivity index (χ4n) is 6.57. The van der Waals surface area contributed by atoms with E-state index < -0.39 is 0 Å². The second-order valence-electron chi connectivity index (χ2n) is 10.8. The average Bonchev–Trinajstić information content (AvgIpc) is 3.61. The van der Waals surface area contributed by atoms with Crippen LogP contribution in [0.2, 0.25) is 0 Å². The van der Waals surface area contributed by atoms with E-state index in [2.05, 4.69) is 48.5 Å². The van der Waals surface area contributed by atoms with Crippen LogP contribution in [0.4, 0.5) is 4.79 Å². The molecule has 8 rings (SSSR count). The normalized spacial score (nSPS) is 11.5. The maximum Gasteiger partial charge on any atom is 0.338 e. The highest BCUT2D eigenvalue weighted by Gasteiger charge is 2.24. The summed E-state index contributed by atoms with van der Waals surface area (Å²) in [6.07, 6.45) is 0. The van der Waals surface area contributed by atoms with Gasteiger partial charge in [-0.3, -0.25) is 9.13 Å². The van der Waals surface area contributed by atoms with E-state index in [0.29, 0.717) is 0 Å². The first-order valence-corrected chi connectivity index (χ1v) is 14.6. The van der Waals surface area contributed by atoms with Crippen LogP contribution < -0.4 is 9.47 Å². The second-order valence-corrected chi connectivity index (χ2v) is 10.8. The number of ether oxygens (including phenoxy) is 2. The molecule has 0 radical (unpaired) electrons. The van der Waals surface area contributed by atoms with E-state index in [1.807, 2.05) is 94.1 Å². The zero-order valence-corrected chi connectivity index (χ0v) is 24.3. The number of hydrogen-bond donors (Lipinski definition) is 0. The van der Waals surface area contributed by atoms with Gasteiger partial charge in [-0.2, -0.15) is 0 Å². The van der Waals surface area contributed by atoms with Crippen molar-refractivity contribution in [3.8, 4) is 33.8 Å². The SMILES string of the molecule is COc1ccc(-c2cccc3c2c2ccccc2n3C(=O)n2c3ccccc3c3c(-c4ccc(OC)cc4)cccc32)cc1. The van der Waals surface area contributed by atoms with Crippen LogP contribution in [0.25, 0.3) is 65.9 Å². The molecular formula is C39H28N2O3. The zero-order valence-electron chi connectivity index (χ0n) is 24.3. The largest absolute Gasteiger partial charge is 0.497 e. The molecule has 0 saturated heterocycles. The summed E-state index contributed by atoms with van der Waals surface area (Å²) in [6.45, 7) is 0. The van der Waals surface area contributed by atoms with Gasteiger partial charge >= 0.3 is 6.03 Å². The smallest absolute Gasteiger partial charge is 0.338 e. The third-order valence-corrected chi connectivity index (χ3v) is 8.58. The maximum atomic E-state index is 15.0. The molecule has 0 unspecified atom stereocenters. The van der Waals surface area contributed by atoms with E-state index in [-0.39, 0.29) is 6.03 Å². The lowest BCUT2D eigenvalue weighted by molar-refractivity contribution is 0.247. The van der Waals surface area contributed by atoms with Crippen LogP contribution in [0.3, 0.4) is 0 Å². The van der Waals surface area contributed by atoms with Gasteiger partial charge in [-0.1, -0.05) is 84.9 Å². The van der Waals surface area contributed by atoms with Gasteiger partial charge in [0.1, 0.15) is 11.5 Å². The highest BCUT2D eigenvalue weighted by atomic mass is 16.5. The zero-order chi connectivity index (χ0) is 29.8. The Hall–Kier alpha value is -5.81. The Morgan fingerprint density at radius 2 is 0.841 bits per heavy atom. The summed E-state index contributed by atoms with van der Waals surface area (Å²) in [5.74, 6) is 1.61. The first-order chi connectivity index (χ1) is 21.7. The van der Waals surface area contributed by atoms with Gasteiger partial charge in [0, 0.05) is 21.5 Å². The Bertz CT molecular complexity index is 2190. The van der Waals surface area contributed by atoms with Crippen LogP contribution in [-0.2, 0) is 0 Å². The Morgan fingerprint density at radius 3 is 1.25 bits per heavy atom. The molecule has 0 fully saturated rings. The molecule has 5 nitrogen and oxygen atoms in total. The molecule has 8 aromatic rings. The van der Waals surface area contributed by atoms with Crippen LogP contribution in [0.5, 0.6) is 11.5 Å². The number of para-hydroxylation sites is 2. The molecule has 2 heterocycles. The van der Waals surface area contributed by atoms with E-state index in [9.17, 15) is 4.79 Å². The lowest BCUT2D eigenvalue weighted by atomic mass is 9.99. The summed E-state index contributed by atoms with van der Waals surface area (Å²) < 4.78 is 14.5. The summed E-state index contributed by atoms with van der Waals surface area (Å²) >= 11 is 0. The number of rotatable bonds is 4. The van der Waals surface area contributed by atoms with Crippen molar-refractivity contribution < 1.29 is 14.3 Å². The van der Waals surface area contributed by atoms with Crippen LogP contribution >= 0.6 is 0 Å². The van der Waals surface area contributed by atoms with Crippen LogP contribution in [0.1, 0.15) is 0 Å². The van der Waals surface area contributed by atoms with Gasteiger partial charge in [-0.15, -0.1) is 0 Å². The molecule has 44 heavy (non-hydrogen) atoms. The molecule has 0 atom stereocenters. The predicted molar refractivity (Wildman–Crippen MR) is 179 cm³/mol. The number of methoxy groups -OCH3 is 2. The van der Waals surface area contributed by atoms with Crippen molar-refractivity contribution in [1.29, 1.82) is 0 Å². The lowest BCUT2D eigenvalue weighted by Gasteiger charge is -2.11. The summed E-state index contributed by atoms with van der Waals surface area (Å²) in [4.78, 5) is 15.0. The molecule has 0 bridgehead atoms. The average molecular weight is 573 g/mol. The van der Waals surface area contributed by atoms with Gasteiger partial charge in [0.2, 0.25) is 0 Å². The number of nitrogens with zero attached hydrogens (tertiary/aromatic N) is 2. The third kappa shape index (κ3) is 3.83. The minimum atomic E-state index is -0.124. The van der Waals surface area contributed by atoms with E-state index in [4.69, 9.17) is 9.47 Å². The van der Waals surface area contributed by atoms with Crippen molar-refractivity contribution in [1.82, 2.24) is 9.13 Å². The predicted octanol–water partition coefficient (Wildman–Crippen LogP) is 9.77. The second kappa shape index (κ2) is 10.2. The first kappa shape index (κ1) is 25.9. The Morgan fingerprint density at radius 1 is 0.455 bits per heavy atom. The molecule has 0 aliphatic heterocycles. The number of benzene rings is 6. The van der Waals surface area contributed by atoms with E-state index >= 15 is 0 Å². The molecule has 0 N–H and O–H groups in total. The number of carbonyl (C=O) groups is 1. The molecule has 2 aromatic heterocycles. The number of carbonyl (C=O) groups excluding carboxylic acids is 1. The van der Waals surface area contributed by atoms with Gasteiger partial charge in [-0.25, -0.2) is 4.79 Å². The molecule has 0 spiro atoms. The van der Waals surface area contributed by atoms with Gasteiger partial charge in [0.15, 0.2) is 0 Å². The molecule has 0 aliphatic carbocycles. The van der Waals surface area contributed by atoms with Crippen molar-refractivity contribution in [3.05, 3.63) is 133 Å². The van der Waals surface area contributed by atoms with E-state index in [0.717, 1.165) is 77.4 Å². The summed E-state index contributed by atoms with van der Waals surface area (Å²) in [7, 11) is 3.34. The monoisotopic (exact) mass is 572 g/mol. The van der Waals surface area contributed by atoms with Gasteiger partial charge in [0.25, 0.3) is 0 Å². The maximum absolute atomic E-state index is 15.0. The summed E-state index contributed by atoms with van der Waals surface area (Å²) in [5, 5.41) is 4.14. The Kier molecular flexibility index (Phi) is 5.98. The number of fused-ring (bicyclic) bond motifs is 6. The van der Waals surface area contributed by atoms with Crippen molar-refractivity contribution in [2.24, 2.45) is 0 Å². The minimum Gasteiger partial charge on any atom is -0.497 e. The third-order valence-electron chi connectivity index (χ3n) is 8.58. The molecule has 0 saturated carbocycles. The number of hydrogen-bond acceptors (Lipinski definition) is 3. The lowest BCUT2D eigenvalue weighted by Crippen LogP contribution is -2.18. The topological polar surface area (TPSA) is 45.4 Å². The van der Waals surface area contributed by atoms with Crippen molar-refractivity contribution in [2.45, 2.75) is 0 Å². The van der Waals surface area contributed by atoms with E-state index in [1.54, 1.807) is 14.2 Å². The van der Waals surface area contributed by atoms with Gasteiger partial charge < -0.3 is 9.47 Å². The van der Waals surface area contributed by atoms with Gasteiger partial charge in [-0.05, 0) is 70.8 Å². The summed E-state index contributed by atoms with van der Waals surface area (Å²) in [6, 6.07) is 44.7. The molecule has 0 amide bonds. The van der Waals surface area contributed by atoms with Crippen molar-refractivity contribution in [3.63, 3.8) is 0 Å². The van der Waals surface area contributed by atoms with Crippen LogP contribution in [-0.4, -0.2) is 29.4 Å². The number of aromatic nitrogens is 2. The molecular weight excluding hydrogens is 544 g/mol. The Balaban J connectivity index is 1.40. The van der Waals surface area contributed by atoms with Gasteiger partial charge in [0.05, 0.1) is 36.3 Å². The molecule has 0 aliphatic rings. The highest BCUT2D eigenvalue weighted by Crippen LogP contribution is 2.40. The molecule has 212 valence electrons. The molecule has 6 aromatic carbocycles. The first-order valence-electron chi connectivity index (χ1n) is 14.6. The van der Waals surface area contributed by atoms with Crippen molar-refractivity contribution in [2.75, 3.05) is 14.2 Å². The highest BCUT2D eigenvalue weighted by molar-refractivity contribution is 6.22. The fraction of sp³-hybridized carbons (Fsp3) is 0.0513. The fourth-order valence-corrected chi connectivity index (χ4v) is 6.57. The quantitative estimate of drug-likeness (QED) is 0.211. The van der Waals surface area contributed by atoms with Crippen LogP contribution in [0.15, 0.2) is 133 Å².